The zero-order chi connectivity index (χ0) is 7.68. The summed E-state index contributed by atoms with van der Waals surface area (Å²) in [5, 5.41) is 5.47. The highest BCUT2D eigenvalue weighted by atomic mass is 32.1. The summed E-state index contributed by atoms with van der Waals surface area (Å²) in [4.78, 5) is 5.32. The summed E-state index contributed by atoms with van der Waals surface area (Å²) >= 11 is 1.68. The minimum absolute atomic E-state index is 1.09. The van der Waals surface area contributed by atoms with Gasteiger partial charge in [-0.05, 0) is 12.1 Å². The van der Waals surface area contributed by atoms with Crippen molar-refractivity contribution >= 4 is 26.6 Å². The van der Waals surface area contributed by atoms with E-state index in [4.69, 9.17) is 0 Å². The van der Waals surface area contributed by atoms with Crippen molar-refractivity contribution in [1.29, 1.82) is 0 Å². The predicted molar refractivity (Wildman–Crippen MR) is 49.2 cm³/mol. The first kappa shape index (κ1) is 6.61. The van der Waals surface area contributed by atoms with Crippen molar-refractivity contribution in [3.05, 3.63) is 24.4 Å². The van der Waals surface area contributed by atoms with Gasteiger partial charge in [-0.3, -0.25) is 0 Å². The van der Waals surface area contributed by atoms with Gasteiger partial charge in [0.05, 0.1) is 5.00 Å². The van der Waals surface area contributed by atoms with E-state index >= 15 is 0 Å². The molecular weight excluding hydrogens is 156 g/mol. The number of nitrogens with zero attached hydrogens (tertiary/aromatic N) is 1. The maximum Gasteiger partial charge on any atom is 0.125 e. The van der Waals surface area contributed by atoms with E-state index in [0.717, 1.165) is 4.83 Å². The monoisotopic (exact) mass is 164 g/mol. The lowest BCUT2D eigenvalue weighted by Gasteiger charge is -1.86. The molecule has 0 fully saturated rings. The number of pyridine rings is 1. The van der Waals surface area contributed by atoms with Gasteiger partial charge < -0.3 is 5.32 Å². The Morgan fingerprint density at radius 3 is 3.18 bits per heavy atom. The van der Waals surface area contributed by atoms with Gasteiger partial charge in [-0.2, -0.15) is 0 Å². The SMILES string of the molecule is CNc1cc2cccnc2s1. The Kier molecular flexibility index (Phi) is 1.51. The van der Waals surface area contributed by atoms with Crippen LogP contribution in [0.2, 0.25) is 0 Å². The molecule has 2 rings (SSSR count). The molecule has 2 aromatic rings. The maximum absolute atomic E-state index is 4.23. The first-order valence-corrected chi connectivity index (χ1v) is 4.24. The average Bonchev–Trinajstić information content (AvgIpc) is 2.46. The summed E-state index contributed by atoms with van der Waals surface area (Å²) < 4.78 is 0. The Hall–Kier alpha value is -1.09. The molecule has 3 heteroatoms. The van der Waals surface area contributed by atoms with Crippen LogP contribution in [0.25, 0.3) is 10.2 Å². The van der Waals surface area contributed by atoms with Crippen LogP contribution in [-0.4, -0.2) is 12.0 Å². The standard InChI is InChI=1S/C8H8N2S/c1-9-7-5-6-3-2-4-10-8(6)11-7/h2-5,9H,1H3. The molecule has 2 aromatic heterocycles. The third-order valence-corrected chi connectivity index (χ3v) is 2.62. The Morgan fingerprint density at radius 2 is 2.45 bits per heavy atom. The zero-order valence-corrected chi connectivity index (χ0v) is 6.98. The molecular formula is C8H8N2S. The first-order valence-electron chi connectivity index (χ1n) is 3.42. The number of hydrogen-bond donors (Lipinski definition) is 1. The molecule has 1 N–H and O–H groups in total. The number of thiophene rings is 1. The van der Waals surface area contributed by atoms with Crippen LogP contribution in [0.15, 0.2) is 24.4 Å². The largest absolute Gasteiger partial charge is 0.380 e. The van der Waals surface area contributed by atoms with Crippen LogP contribution in [0.3, 0.4) is 0 Å². The van der Waals surface area contributed by atoms with E-state index < -0.39 is 0 Å². The highest BCUT2D eigenvalue weighted by molar-refractivity contribution is 7.22. The highest BCUT2D eigenvalue weighted by Gasteiger charge is 1.97. The summed E-state index contributed by atoms with van der Waals surface area (Å²) in [6.07, 6.45) is 1.82. The molecule has 0 aliphatic heterocycles. The van der Waals surface area contributed by atoms with E-state index in [0.29, 0.717) is 0 Å². The fourth-order valence-electron chi connectivity index (χ4n) is 0.996. The summed E-state index contributed by atoms with van der Waals surface area (Å²) in [5.41, 5.74) is 0. The van der Waals surface area contributed by atoms with Gasteiger partial charge in [0.2, 0.25) is 0 Å². The van der Waals surface area contributed by atoms with Crippen LogP contribution >= 0.6 is 11.3 Å². The van der Waals surface area contributed by atoms with E-state index in [-0.39, 0.29) is 0 Å². The van der Waals surface area contributed by atoms with Gasteiger partial charge in [0.15, 0.2) is 0 Å². The summed E-state index contributed by atoms with van der Waals surface area (Å²) in [5.74, 6) is 0. The molecule has 0 aromatic carbocycles. The molecule has 11 heavy (non-hydrogen) atoms. The first-order chi connectivity index (χ1) is 5.40. The molecule has 0 aliphatic rings. The van der Waals surface area contributed by atoms with Crippen LogP contribution in [0.4, 0.5) is 5.00 Å². The number of anilines is 1. The molecule has 0 bridgehead atoms. The van der Waals surface area contributed by atoms with Gasteiger partial charge in [0.25, 0.3) is 0 Å². The third kappa shape index (κ3) is 1.07. The number of hydrogen-bond acceptors (Lipinski definition) is 3. The topological polar surface area (TPSA) is 24.9 Å². The second kappa shape index (κ2) is 2.51. The lowest BCUT2D eigenvalue weighted by Crippen LogP contribution is -1.79. The quantitative estimate of drug-likeness (QED) is 0.699. The molecule has 2 heterocycles. The van der Waals surface area contributed by atoms with Crippen molar-refractivity contribution in [2.75, 3.05) is 12.4 Å². The molecule has 0 radical (unpaired) electrons. The van der Waals surface area contributed by atoms with Crippen LogP contribution in [-0.2, 0) is 0 Å². The lowest BCUT2D eigenvalue weighted by atomic mass is 10.3. The molecule has 0 amide bonds. The molecule has 2 nitrogen and oxygen atoms in total. The Balaban J connectivity index is 2.69. The van der Waals surface area contributed by atoms with Gasteiger partial charge in [-0.1, -0.05) is 17.4 Å². The van der Waals surface area contributed by atoms with Crippen LogP contribution < -0.4 is 5.32 Å². The fourth-order valence-corrected chi connectivity index (χ4v) is 1.85. The Bertz CT molecular complexity index is 334. The van der Waals surface area contributed by atoms with E-state index in [9.17, 15) is 0 Å². The fraction of sp³-hybridized carbons (Fsp3) is 0.125. The van der Waals surface area contributed by atoms with Crippen molar-refractivity contribution in [2.45, 2.75) is 0 Å². The summed E-state index contributed by atoms with van der Waals surface area (Å²) in [7, 11) is 1.92. The normalized spacial score (nSPS) is 10.3. The third-order valence-electron chi connectivity index (χ3n) is 1.54. The minimum atomic E-state index is 1.09. The molecule has 56 valence electrons. The van der Waals surface area contributed by atoms with E-state index in [1.54, 1.807) is 11.3 Å². The minimum Gasteiger partial charge on any atom is -0.380 e. The smallest absolute Gasteiger partial charge is 0.125 e. The second-order valence-corrected chi connectivity index (χ2v) is 3.29. The van der Waals surface area contributed by atoms with Crippen LogP contribution in [0, 0.1) is 0 Å². The second-order valence-electron chi connectivity index (χ2n) is 2.26. The Labute approximate surface area is 68.9 Å². The molecule has 0 unspecified atom stereocenters. The van der Waals surface area contributed by atoms with Gasteiger partial charge in [0.1, 0.15) is 4.83 Å². The zero-order valence-electron chi connectivity index (χ0n) is 6.16. The number of fused-ring (bicyclic) bond motifs is 1. The van der Waals surface area contributed by atoms with Gasteiger partial charge in [0, 0.05) is 18.6 Å². The van der Waals surface area contributed by atoms with Gasteiger partial charge in [-0.25, -0.2) is 4.98 Å². The van der Waals surface area contributed by atoms with Crippen molar-refractivity contribution in [3.63, 3.8) is 0 Å². The molecule has 0 spiro atoms. The van der Waals surface area contributed by atoms with Crippen molar-refractivity contribution in [3.8, 4) is 0 Å². The molecule has 0 aliphatic carbocycles. The van der Waals surface area contributed by atoms with Crippen molar-refractivity contribution in [2.24, 2.45) is 0 Å². The van der Waals surface area contributed by atoms with E-state index in [2.05, 4.69) is 22.4 Å². The summed E-state index contributed by atoms with van der Waals surface area (Å²) in [6, 6.07) is 6.13. The van der Waals surface area contributed by atoms with Crippen molar-refractivity contribution < 1.29 is 0 Å². The molecule has 0 atom stereocenters. The Morgan fingerprint density at radius 1 is 1.55 bits per heavy atom. The van der Waals surface area contributed by atoms with Crippen LogP contribution in [0.5, 0.6) is 0 Å². The van der Waals surface area contributed by atoms with Gasteiger partial charge in [-0.15, -0.1) is 0 Å². The number of rotatable bonds is 1. The summed E-state index contributed by atoms with van der Waals surface area (Å²) in [6.45, 7) is 0. The highest BCUT2D eigenvalue weighted by Crippen LogP contribution is 2.26. The molecule has 0 saturated carbocycles. The molecule has 0 saturated heterocycles. The lowest BCUT2D eigenvalue weighted by molar-refractivity contribution is 1.45. The number of aromatic nitrogens is 1. The average molecular weight is 164 g/mol. The number of nitrogens with one attached hydrogen (secondary N) is 1. The predicted octanol–water partition coefficient (Wildman–Crippen LogP) is 2.34. The van der Waals surface area contributed by atoms with Crippen molar-refractivity contribution in [1.82, 2.24) is 4.98 Å². The van der Waals surface area contributed by atoms with E-state index in [1.165, 1.54) is 10.4 Å². The van der Waals surface area contributed by atoms with E-state index in [1.807, 2.05) is 19.3 Å². The maximum atomic E-state index is 4.23. The van der Waals surface area contributed by atoms with Crippen LogP contribution in [0.1, 0.15) is 0 Å². The van der Waals surface area contributed by atoms with Gasteiger partial charge >= 0.3 is 0 Å².